The average Bonchev–Trinajstić information content (AvgIpc) is 2.11. The molecule has 0 aliphatic rings. The number of nitrogens with one attached hydrogen (secondary N) is 1. The number of benzene rings is 1. The normalized spacial score (nSPS) is 13.4. The molecule has 0 aliphatic heterocycles. The molecule has 1 rings (SSSR count). The Kier molecular flexibility index (Phi) is 4.59. The second-order valence-corrected chi connectivity index (χ2v) is 7.34. The van der Waals surface area contributed by atoms with Crippen LogP contribution in [0.4, 0.5) is 15.8 Å². The summed E-state index contributed by atoms with van der Waals surface area (Å²) < 4.78 is 35.9. The van der Waals surface area contributed by atoms with Gasteiger partial charge >= 0.3 is 0 Å². The van der Waals surface area contributed by atoms with E-state index in [0.717, 1.165) is 6.26 Å². The quantitative estimate of drug-likeness (QED) is 0.625. The lowest BCUT2D eigenvalue weighted by molar-refractivity contribution is 0.598. The van der Waals surface area contributed by atoms with Crippen LogP contribution >= 0.6 is 22.6 Å². The summed E-state index contributed by atoms with van der Waals surface area (Å²) in [5, 5.41) is 2.89. The zero-order valence-corrected chi connectivity index (χ0v) is 12.5. The van der Waals surface area contributed by atoms with Crippen LogP contribution in [0, 0.1) is 9.39 Å². The maximum absolute atomic E-state index is 13.3. The molecule has 0 saturated heterocycles. The first-order valence-corrected chi connectivity index (χ1v) is 8.02. The summed E-state index contributed by atoms with van der Waals surface area (Å²) >= 11 is 1.84. The van der Waals surface area contributed by atoms with Gasteiger partial charge in [-0.3, -0.25) is 0 Å². The Hall–Kier alpha value is -0.570. The summed E-state index contributed by atoms with van der Waals surface area (Å²) in [6.45, 7) is 1.70. The van der Waals surface area contributed by atoms with Crippen LogP contribution in [-0.2, 0) is 9.84 Å². The van der Waals surface area contributed by atoms with Crippen LogP contribution in [-0.4, -0.2) is 26.5 Å². The summed E-state index contributed by atoms with van der Waals surface area (Å²) in [6, 6.07) is 2.45. The van der Waals surface area contributed by atoms with Crippen molar-refractivity contribution >= 4 is 43.8 Å². The smallest absolute Gasteiger partial charge is 0.149 e. The van der Waals surface area contributed by atoms with E-state index in [4.69, 9.17) is 5.73 Å². The first-order valence-electron chi connectivity index (χ1n) is 4.88. The number of hydrogen-bond acceptors (Lipinski definition) is 4. The van der Waals surface area contributed by atoms with Crippen molar-refractivity contribution < 1.29 is 12.8 Å². The minimum absolute atomic E-state index is 0.0277. The number of sulfone groups is 1. The van der Waals surface area contributed by atoms with E-state index >= 15 is 0 Å². The largest absolute Gasteiger partial charge is 0.397 e. The van der Waals surface area contributed by atoms with Crippen molar-refractivity contribution in [3.05, 3.63) is 21.5 Å². The molecule has 0 saturated carbocycles. The van der Waals surface area contributed by atoms with Gasteiger partial charge in [-0.15, -0.1) is 0 Å². The van der Waals surface area contributed by atoms with E-state index in [1.807, 2.05) is 22.6 Å². The lowest BCUT2D eigenvalue weighted by atomic mass is 10.2. The molecule has 0 bridgehead atoms. The third-order valence-electron chi connectivity index (χ3n) is 2.05. The van der Waals surface area contributed by atoms with E-state index in [1.54, 1.807) is 6.92 Å². The van der Waals surface area contributed by atoms with Crippen molar-refractivity contribution in [1.82, 2.24) is 0 Å². The first-order chi connectivity index (χ1) is 7.69. The summed E-state index contributed by atoms with van der Waals surface area (Å²) in [5.74, 6) is -0.408. The van der Waals surface area contributed by atoms with Crippen molar-refractivity contribution in [1.29, 1.82) is 0 Å². The Bertz CT molecular complexity index is 519. The van der Waals surface area contributed by atoms with Crippen molar-refractivity contribution in [2.45, 2.75) is 13.0 Å². The van der Waals surface area contributed by atoms with Gasteiger partial charge in [-0.1, -0.05) is 0 Å². The van der Waals surface area contributed by atoms with Gasteiger partial charge in [0.1, 0.15) is 15.7 Å². The van der Waals surface area contributed by atoms with Gasteiger partial charge < -0.3 is 11.1 Å². The molecule has 3 N–H and O–H groups in total. The minimum atomic E-state index is -3.07. The molecule has 7 heteroatoms. The zero-order chi connectivity index (χ0) is 13.2. The molecule has 1 aromatic carbocycles. The monoisotopic (exact) mass is 372 g/mol. The van der Waals surface area contributed by atoms with E-state index in [2.05, 4.69) is 5.32 Å². The molecular weight excluding hydrogens is 358 g/mol. The number of anilines is 2. The van der Waals surface area contributed by atoms with Crippen LogP contribution in [0.15, 0.2) is 12.1 Å². The van der Waals surface area contributed by atoms with Gasteiger partial charge in [0.2, 0.25) is 0 Å². The maximum Gasteiger partial charge on any atom is 0.149 e. The minimum Gasteiger partial charge on any atom is -0.397 e. The lowest BCUT2D eigenvalue weighted by Crippen LogP contribution is -2.25. The standard InChI is InChI=1S/C10H14FIN2O2S/c1-6(5-17(2,15)16)14-10-3-7(11)8(12)4-9(10)13/h3-4,6,14H,5,13H2,1-2H3. The SMILES string of the molecule is CC(CS(C)(=O)=O)Nc1cc(F)c(I)cc1N. The fourth-order valence-electron chi connectivity index (χ4n) is 1.45. The Morgan fingerprint density at radius 1 is 1.53 bits per heavy atom. The van der Waals surface area contributed by atoms with E-state index in [0.29, 0.717) is 14.9 Å². The highest BCUT2D eigenvalue weighted by Gasteiger charge is 2.13. The maximum atomic E-state index is 13.3. The van der Waals surface area contributed by atoms with Gasteiger partial charge in [-0.25, -0.2) is 12.8 Å². The molecule has 0 fully saturated rings. The molecule has 1 atom stereocenters. The second-order valence-electron chi connectivity index (χ2n) is 3.99. The van der Waals surface area contributed by atoms with Crippen molar-refractivity contribution in [2.24, 2.45) is 0 Å². The Balaban J connectivity index is 2.85. The summed E-state index contributed by atoms with van der Waals surface area (Å²) in [7, 11) is -3.07. The number of nitrogens with two attached hydrogens (primary N) is 1. The topological polar surface area (TPSA) is 72.2 Å². The third kappa shape index (κ3) is 4.66. The highest BCUT2D eigenvalue weighted by molar-refractivity contribution is 14.1. The molecule has 0 spiro atoms. The summed E-state index contributed by atoms with van der Waals surface area (Å²) in [6.07, 6.45) is 1.16. The van der Waals surface area contributed by atoms with E-state index < -0.39 is 9.84 Å². The molecule has 1 unspecified atom stereocenters. The van der Waals surface area contributed by atoms with Crippen molar-refractivity contribution in [2.75, 3.05) is 23.1 Å². The Morgan fingerprint density at radius 2 is 2.12 bits per heavy atom. The van der Waals surface area contributed by atoms with E-state index in [-0.39, 0.29) is 17.6 Å². The van der Waals surface area contributed by atoms with E-state index in [1.165, 1.54) is 12.1 Å². The molecule has 0 heterocycles. The first kappa shape index (κ1) is 14.5. The predicted octanol–water partition coefficient (Wildman–Crippen LogP) is 1.86. The molecular formula is C10H14FIN2O2S. The Morgan fingerprint density at radius 3 is 2.65 bits per heavy atom. The molecule has 96 valence electrons. The summed E-state index contributed by atoms with van der Waals surface area (Å²) in [4.78, 5) is 0. The van der Waals surface area contributed by atoms with Crippen molar-refractivity contribution in [3.8, 4) is 0 Å². The molecule has 0 aromatic heterocycles. The van der Waals surface area contributed by atoms with Crippen LogP contribution in [0.5, 0.6) is 0 Å². The number of halogens is 2. The molecule has 0 aliphatic carbocycles. The highest BCUT2D eigenvalue weighted by atomic mass is 127. The van der Waals surface area contributed by atoms with Crippen LogP contribution in [0.2, 0.25) is 0 Å². The second kappa shape index (κ2) is 5.38. The molecule has 4 nitrogen and oxygen atoms in total. The van der Waals surface area contributed by atoms with Crippen LogP contribution in [0.3, 0.4) is 0 Å². The van der Waals surface area contributed by atoms with Crippen molar-refractivity contribution in [3.63, 3.8) is 0 Å². The molecule has 0 amide bonds. The van der Waals surface area contributed by atoms with Gasteiger partial charge in [0.15, 0.2) is 0 Å². The zero-order valence-electron chi connectivity index (χ0n) is 9.50. The van der Waals surface area contributed by atoms with Gasteiger partial charge in [0.25, 0.3) is 0 Å². The van der Waals surface area contributed by atoms with Gasteiger partial charge in [-0.2, -0.15) is 0 Å². The van der Waals surface area contributed by atoms with Gasteiger partial charge in [0, 0.05) is 18.4 Å². The highest BCUT2D eigenvalue weighted by Crippen LogP contribution is 2.24. The number of nitrogen functional groups attached to an aromatic ring is 1. The number of hydrogen-bond donors (Lipinski definition) is 2. The lowest BCUT2D eigenvalue weighted by Gasteiger charge is -2.16. The summed E-state index contributed by atoms with van der Waals surface area (Å²) in [5.41, 5.74) is 6.53. The Labute approximate surface area is 114 Å². The fourth-order valence-corrected chi connectivity index (χ4v) is 2.93. The third-order valence-corrected chi connectivity index (χ3v) is 3.98. The molecule has 0 radical (unpaired) electrons. The van der Waals surface area contributed by atoms with E-state index in [9.17, 15) is 12.8 Å². The average molecular weight is 372 g/mol. The predicted molar refractivity (Wildman–Crippen MR) is 76.3 cm³/mol. The van der Waals surface area contributed by atoms with Gasteiger partial charge in [-0.05, 0) is 35.6 Å². The van der Waals surface area contributed by atoms with Crippen LogP contribution in [0.25, 0.3) is 0 Å². The van der Waals surface area contributed by atoms with Gasteiger partial charge in [0.05, 0.1) is 20.7 Å². The molecule has 1 aromatic rings. The fraction of sp³-hybridized carbons (Fsp3) is 0.400. The number of rotatable bonds is 4. The van der Waals surface area contributed by atoms with Crippen LogP contribution in [0.1, 0.15) is 6.92 Å². The van der Waals surface area contributed by atoms with Crippen LogP contribution < -0.4 is 11.1 Å². The molecule has 17 heavy (non-hydrogen) atoms.